The van der Waals surface area contributed by atoms with Crippen LogP contribution in [0.5, 0.6) is 5.75 Å². The van der Waals surface area contributed by atoms with Gasteiger partial charge >= 0.3 is 5.97 Å². The van der Waals surface area contributed by atoms with Gasteiger partial charge in [-0.15, -0.1) is 0 Å². The Hall–Kier alpha value is -1.60. The maximum Gasteiger partial charge on any atom is 0.331 e. The molecule has 0 aromatic heterocycles. The molecule has 0 radical (unpaired) electrons. The van der Waals surface area contributed by atoms with Crippen molar-refractivity contribution in [2.45, 2.75) is 31.9 Å². The number of carbonyl (C=O) groups is 2. The van der Waals surface area contributed by atoms with Crippen molar-refractivity contribution < 1.29 is 24.2 Å². The zero-order valence-corrected chi connectivity index (χ0v) is 14.0. The zero-order chi connectivity index (χ0) is 16.3. The van der Waals surface area contributed by atoms with Gasteiger partial charge in [-0.2, -0.15) is 0 Å². The quantitative estimate of drug-likeness (QED) is 0.825. The number of amides is 1. The Morgan fingerprint density at radius 1 is 1.50 bits per heavy atom. The summed E-state index contributed by atoms with van der Waals surface area (Å²) in [6.07, 6.45) is -0.578. The van der Waals surface area contributed by atoms with E-state index in [9.17, 15) is 14.7 Å². The lowest BCUT2D eigenvalue weighted by Gasteiger charge is -2.26. The third-order valence-corrected chi connectivity index (χ3v) is 4.17. The number of hydrogen-bond acceptors (Lipinski definition) is 4. The maximum atomic E-state index is 12.2. The van der Waals surface area contributed by atoms with Gasteiger partial charge in [0.25, 0.3) is 5.91 Å². The molecule has 6 nitrogen and oxygen atoms in total. The van der Waals surface area contributed by atoms with Crippen LogP contribution in [0.15, 0.2) is 22.7 Å². The number of aliphatic carboxylic acids is 1. The van der Waals surface area contributed by atoms with Gasteiger partial charge in [0.05, 0.1) is 11.1 Å². The lowest BCUT2D eigenvalue weighted by Crippen LogP contribution is -2.57. The van der Waals surface area contributed by atoms with E-state index in [1.807, 2.05) is 19.1 Å². The Morgan fingerprint density at radius 2 is 2.23 bits per heavy atom. The number of rotatable bonds is 5. The van der Waals surface area contributed by atoms with Gasteiger partial charge in [-0.1, -0.05) is 6.07 Å². The van der Waals surface area contributed by atoms with Crippen molar-refractivity contribution >= 4 is 27.8 Å². The summed E-state index contributed by atoms with van der Waals surface area (Å²) in [5, 5.41) is 11.9. The molecule has 1 aliphatic heterocycles. The summed E-state index contributed by atoms with van der Waals surface area (Å²) < 4.78 is 11.5. The van der Waals surface area contributed by atoms with Crippen molar-refractivity contribution in [2.75, 3.05) is 13.2 Å². The smallest absolute Gasteiger partial charge is 0.331 e. The van der Waals surface area contributed by atoms with Gasteiger partial charge in [-0.3, -0.25) is 4.79 Å². The van der Waals surface area contributed by atoms with Crippen LogP contribution in [0, 0.1) is 6.92 Å². The average Bonchev–Trinajstić information content (AvgIpc) is 2.91. The number of benzene rings is 1. The first-order valence-electron chi connectivity index (χ1n) is 6.90. The fraction of sp³-hybridized carbons (Fsp3) is 0.467. The van der Waals surface area contributed by atoms with E-state index in [0.29, 0.717) is 12.4 Å². The molecule has 1 aromatic carbocycles. The first-order valence-corrected chi connectivity index (χ1v) is 7.69. The molecule has 1 aromatic rings. The molecule has 7 heteroatoms. The van der Waals surface area contributed by atoms with Gasteiger partial charge in [-0.05, 0) is 47.5 Å². The Morgan fingerprint density at radius 3 is 2.77 bits per heavy atom. The van der Waals surface area contributed by atoms with Crippen LogP contribution in [0.4, 0.5) is 0 Å². The molecule has 120 valence electrons. The first-order chi connectivity index (χ1) is 10.3. The van der Waals surface area contributed by atoms with Crippen LogP contribution >= 0.6 is 15.9 Å². The zero-order valence-electron chi connectivity index (χ0n) is 12.4. The molecule has 2 atom stereocenters. The van der Waals surface area contributed by atoms with Crippen LogP contribution in [0.1, 0.15) is 18.9 Å². The number of halogens is 1. The van der Waals surface area contributed by atoms with Crippen molar-refractivity contribution in [3.8, 4) is 5.75 Å². The van der Waals surface area contributed by atoms with Gasteiger partial charge in [0, 0.05) is 13.0 Å². The Labute approximate surface area is 136 Å². The van der Waals surface area contributed by atoms with E-state index in [1.165, 1.54) is 0 Å². The summed E-state index contributed by atoms with van der Waals surface area (Å²) in [6.45, 7) is 3.80. The number of nitrogens with one attached hydrogen (secondary N) is 1. The van der Waals surface area contributed by atoms with E-state index in [4.69, 9.17) is 9.47 Å². The van der Waals surface area contributed by atoms with E-state index >= 15 is 0 Å². The van der Waals surface area contributed by atoms with Gasteiger partial charge in [-0.25, -0.2) is 4.79 Å². The first kappa shape index (κ1) is 16.8. The summed E-state index contributed by atoms with van der Waals surface area (Å²) in [5.74, 6) is -1.05. The van der Waals surface area contributed by atoms with Crippen molar-refractivity contribution in [3.63, 3.8) is 0 Å². The van der Waals surface area contributed by atoms with E-state index < -0.39 is 23.5 Å². The number of ether oxygens (including phenoxy) is 2. The third-order valence-electron chi connectivity index (χ3n) is 3.55. The number of carbonyl (C=O) groups excluding carboxylic acids is 1. The van der Waals surface area contributed by atoms with Crippen molar-refractivity contribution in [1.29, 1.82) is 0 Å². The van der Waals surface area contributed by atoms with Crippen LogP contribution in [0.3, 0.4) is 0 Å². The highest BCUT2D eigenvalue weighted by Crippen LogP contribution is 2.27. The van der Waals surface area contributed by atoms with E-state index in [1.54, 1.807) is 13.0 Å². The van der Waals surface area contributed by atoms with E-state index in [-0.39, 0.29) is 13.0 Å². The molecular weight excluding hydrogens is 354 g/mol. The lowest BCUT2D eigenvalue weighted by atomic mass is 9.98. The van der Waals surface area contributed by atoms with Crippen LogP contribution in [0.2, 0.25) is 0 Å². The monoisotopic (exact) mass is 371 g/mol. The Kier molecular flexibility index (Phi) is 5.08. The molecular formula is C15H18BrNO5. The van der Waals surface area contributed by atoms with Crippen molar-refractivity contribution in [3.05, 3.63) is 28.2 Å². The summed E-state index contributed by atoms with van der Waals surface area (Å²) in [5.41, 5.74) is -0.302. The van der Waals surface area contributed by atoms with Gasteiger partial charge in [0.15, 0.2) is 11.6 Å². The van der Waals surface area contributed by atoms with Crippen LogP contribution in [-0.4, -0.2) is 41.8 Å². The third kappa shape index (κ3) is 3.59. The summed E-state index contributed by atoms with van der Waals surface area (Å²) in [4.78, 5) is 23.6. The number of carboxylic acids is 1. The Bertz CT molecular complexity index is 583. The molecule has 1 heterocycles. The molecule has 2 rings (SSSR count). The topological polar surface area (TPSA) is 84.9 Å². The molecule has 1 aliphatic rings. The molecule has 2 N–H and O–H groups in total. The highest BCUT2D eigenvalue weighted by atomic mass is 79.9. The second-order valence-corrected chi connectivity index (χ2v) is 6.23. The minimum Gasteiger partial charge on any atom is -0.480 e. The maximum absolute atomic E-state index is 12.2. The molecule has 1 fully saturated rings. The SMILES string of the molecule is Cc1ccc(OC(C)C(=O)NC2(C(=O)O)CCOC2)c(Br)c1. The number of aryl methyl sites for hydroxylation is 1. The van der Waals surface area contributed by atoms with E-state index in [2.05, 4.69) is 21.2 Å². The number of hydrogen-bond donors (Lipinski definition) is 2. The minimum atomic E-state index is -1.36. The predicted molar refractivity (Wildman–Crippen MR) is 82.9 cm³/mol. The van der Waals surface area contributed by atoms with Crippen LogP contribution in [-0.2, 0) is 14.3 Å². The van der Waals surface area contributed by atoms with Crippen LogP contribution in [0.25, 0.3) is 0 Å². The molecule has 2 unspecified atom stereocenters. The van der Waals surface area contributed by atoms with Gasteiger partial charge in [0.2, 0.25) is 0 Å². The van der Waals surface area contributed by atoms with Crippen LogP contribution < -0.4 is 10.1 Å². The second kappa shape index (κ2) is 6.66. The summed E-state index contributed by atoms with van der Waals surface area (Å²) in [7, 11) is 0. The number of carboxylic acid groups (broad SMARTS) is 1. The molecule has 0 saturated carbocycles. The Balaban J connectivity index is 2.04. The van der Waals surface area contributed by atoms with Crippen molar-refractivity contribution in [2.24, 2.45) is 0 Å². The molecule has 22 heavy (non-hydrogen) atoms. The largest absolute Gasteiger partial charge is 0.480 e. The summed E-state index contributed by atoms with van der Waals surface area (Å²) >= 11 is 3.38. The molecule has 1 saturated heterocycles. The standard InChI is InChI=1S/C15H18BrNO5/c1-9-3-4-12(11(16)7-9)22-10(2)13(18)17-15(14(19)20)5-6-21-8-15/h3-4,7,10H,5-6,8H2,1-2H3,(H,17,18)(H,19,20). The molecule has 0 aliphatic carbocycles. The van der Waals surface area contributed by atoms with Gasteiger partial charge < -0.3 is 19.9 Å². The fourth-order valence-electron chi connectivity index (χ4n) is 2.17. The lowest BCUT2D eigenvalue weighted by molar-refractivity contribution is -0.148. The minimum absolute atomic E-state index is 0.0327. The van der Waals surface area contributed by atoms with Gasteiger partial charge in [0.1, 0.15) is 5.75 Å². The highest BCUT2D eigenvalue weighted by molar-refractivity contribution is 9.10. The fourth-order valence-corrected chi connectivity index (χ4v) is 2.76. The average molecular weight is 372 g/mol. The molecule has 0 spiro atoms. The second-order valence-electron chi connectivity index (χ2n) is 5.37. The normalized spacial score (nSPS) is 22.1. The summed E-state index contributed by atoms with van der Waals surface area (Å²) in [6, 6.07) is 5.51. The predicted octanol–water partition coefficient (Wildman–Crippen LogP) is 1.88. The van der Waals surface area contributed by atoms with Crippen molar-refractivity contribution in [1.82, 2.24) is 5.32 Å². The molecule has 0 bridgehead atoms. The van der Waals surface area contributed by atoms with E-state index in [0.717, 1.165) is 10.0 Å². The molecule has 1 amide bonds. The highest BCUT2D eigenvalue weighted by Gasteiger charge is 2.44.